The van der Waals surface area contributed by atoms with Gasteiger partial charge in [-0.1, -0.05) is 24.3 Å². The van der Waals surface area contributed by atoms with E-state index in [0.717, 1.165) is 34.2 Å². The van der Waals surface area contributed by atoms with Gasteiger partial charge < -0.3 is 25.7 Å². The molecule has 0 radical (unpaired) electrons. The largest absolute Gasteiger partial charge is 0.493 e. The molecule has 4 N–H and O–H groups in total. The number of nitrogen functional groups attached to an aromatic ring is 2. The van der Waals surface area contributed by atoms with Crippen molar-refractivity contribution in [3.05, 3.63) is 70.7 Å². The van der Waals surface area contributed by atoms with E-state index < -0.39 is 5.97 Å². The molecule has 182 valence electrons. The van der Waals surface area contributed by atoms with Gasteiger partial charge in [-0.3, -0.25) is 0 Å². The monoisotopic (exact) mass is 484 g/mol. The maximum absolute atomic E-state index is 13.3. The van der Waals surface area contributed by atoms with Crippen LogP contribution in [0.25, 0.3) is 22.6 Å². The Balaban J connectivity index is 1.53. The Morgan fingerprint density at radius 2 is 1.69 bits per heavy atom. The van der Waals surface area contributed by atoms with Crippen LogP contribution in [0.2, 0.25) is 0 Å². The summed E-state index contributed by atoms with van der Waals surface area (Å²) >= 11 is 0. The Morgan fingerprint density at radius 3 is 2.44 bits per heavy atom. The molecular weight excluding hydrogens is 460 g/mol. The molecule has 2 aromatic heterocycles. The van der Waals surface area contributed by atoms with Gasteiger partial charge in [0.05, 0.1) is 31.0 Å². The van der Waals surface area contributed by atoms with E-state index in [0.29, 0.717) is 29.0 Å². The van der Waals surface area contributed by atoms with Gasteiger partial charge in [-0.25, -0.2) is 9.78 Å². The molecule has 0 atom stereocenters. The second-order valence-electron chi connectivity index (χ2n) is 8.16. The van der Waals surface area contributed by atoms with E-state index in [1.54, 1.807) is 14.2 Å². The fraction of sp³-hybridized carbons (Fsp3) is 0.192. The highest BCUT2D eigenvalue weighted by atomic mass is 16.5. The topological polar surface area (TPSA) is 148 Å². The van der Waals surface area contributed by atoms with Crippen LogP contribution in [-0.4, -0.2) is 40.1 Å². The maximum Gasteiger partial charge on any atom is 0.339 e. The second-order valence-corrected chi connectivity index (χ2v) is 8.16. The quantitative estimate of drug-likeness (QED) is 0.390. The highest BCUT2D eigenvalue weighted by Gasteiger charge is 2.28. The Kier molecular flexibility index (Phi) is 6.07. The van der Waals surface area contributed by atoms with Crippen LogP contribution in [0.1, 0.15) is 39.4 Å². The number of allylic oxidation sites excluding steroid dienone is 1. The summed E-state index contributed by atoms with van der Waals surface area (Å²) < 4.78 is 16.4. The molecule has 0 unspecified atom stereocenters. The van der Waals surface area contributed by atoms with Crippen molar-refractivity contribution in [3.8, 4) is 11.5 Å². The first-order valence-corrected chi connectivity index (χ1v) is 11.2. The number of esters is 1. The average molecular weight is 485 g/mol. The van der Waals surface area contributed by atoms with Crippen LogP contribution in [-0.2, 0) is 17.8 Å². The molecule has 0 bridgehead atoms. The highest BCUT2D eigenvalue weighted by Crippen LogP contribution is 2.38. The lowest BCUT2D eigenvalue weighted by Gasteiger charge is -2.12. The third-order valence-corrected chi connectivity index (χ3v) is 5.94. The van der Waals surface area contributed by atoms with E-state index in [1.807, 2.05) is 42.5 Å². The Hall–Kier alpha value is -4.73. The summed E-state index contributed by atoms with van der Waals surface area (Å²) in [5.41, 5.74) is 16.0. The van der Waals surface area contributed by atoms with Gasteiger partial charge in [-0.2, -0.15) is 15.0 Å². The summed E-state index contributed by atoms with van der Waals surface area (Å²) in [5, 5.41) is 0.725. The molecule has 5 rings (SSSR count). The van der Waals surface area contributed by atoms with Crippen molar-refractivity contribution in [2.45, 2.75) is 19.4 Å². The molecule has 10 heteroatoms. The third-order valence-electron chi connectivity index (χ3n) is 5.94. The van der Waals surface area contributed by atoms with Gasteiger partial charge in [-0.15, -0.1) is 0 Å². The SMILES string of the molecule is COc1ccc(/C=C2\CCc3c2nc2ccccc2c3C(=O)OCc2nc(N)nc(N)n2)cc1OC. The van der Waals surface area contributed by atoms with Gasteiger partial charge in [0.25, 0.3) is 0 Å². The Morgan fingerprint density at radius 1 is 0.944 bits per heavy atom. The molecule has 1 aliphatic carbocycles. The van der Waals surface area contributed by atoms with Gasteiger partial charge in [0.15, 0.2) is 23.9 Å². The van der Waals surface area contributed by atoms with Crippen molar-refractivity contribution in [3.63, 3.8) is 0 Å². The smallest absolute Gasteiger partial charge is 0.339 e. The first-order valence-electron chi connectivity index (χ1n) is 11.2. The van der Waals surface area contributed by atoms with E-state index >= 15 is 0 Å². The van der Waals surface area contributed by atoms with Crippen LogP contribution >= 0.6 is 0 Å². The van der Waals surface area contributed by atoms with Crippen molar-refractivity contribution in [2.24, 2.45) is 0 Å². The number of ether oxygens (including phenoxy) is 3. The number of nitrogens with zero attached hydrogens (tertiary/aromatic N) is 4. The highest BCUT2D eigenvalue weighted by molar-refractivity contribution is 6.07. The number of benzene rings is 2. The van der Waals surface area contributed by atoms with E-state index in [1.165, 1.54) is 0 Å². The predicted molar refractivity (Wildman–Crippen MR) is 135 cm³/mol. The van der Waals surface area contributed by atoms with E-state index in [2.05, 4.69) is 21.0 Å². The number of aromatic nitrogens is 4. The van der Waals surface area contributed by atoms with Gasteiger partial charge in [0.1, 0.15) is 0 Å². The van der Waals surface area contributed by atoms with Gasteiger partial charge in [0, 0.05) is 5.39 Å². The molecule has 0 saturated heterocycles. The summed E-state index contributed by atoms with van der Waals surface area (Å²) in [4.78, 5) is 29.9. The first-order chi connectivity index (χ1) is 17.5. The summed E-state index contributed by atoms with van der Waals surface area (Å²) in [6, 6.07) is 13.2. The zero-order chi connectivity index (χ0) is 25.2. The number of rotatable bonds is 6. The lowest BCUT2D eigenvalue weighted by atomic mass is 10.0. The van der Waals surface area contributed by atoms with Crippen molar-refractivity contribution in [1.82, 2.24) is 19.9 Å². The number of fused-ring (bicyclic) bond motifs is 2. The van der Waals surface area contributed by atoms with Crippen molar-refractivity contribution < 1.29 is 19.0 Å². The summed E-state index contributed by atoms with van der Waals surface area (Å²) in [5.74, 6) is 0.914. The molecule has 2 aromatic carbocycles. The molecule has 4 aromatic rings. The summed E-state index contributed by atoms with van der Waals surface area (Å²) in [6.45, 7) is -0.185. The second kappa shape index (κ2) is 9.49. The number of hydrogen-bond donors (Lipinski definition) is 2. The number of para-hydroxylation sites is 1. The van der Waals surface area contributed by atoms with E-state index in [-0.39, 0.29) is 24.3 Å². The molecule has 0 aliphatic heterocycles. The number of anilines is 2. The number of hydrogen-bond acceptors (Lipinski definition) is 10. The first kappa shape index (κ1) is 23.0. The minimum atomic E-state index is -0.491. The van der Waals surface area contributed by atoms with Crippen molar-refractivity contribution >= 4 is 40.4 Å². The molecule has 10 nitrogen and oxygen atoms in total. The molecular formula is C26H24N6O4. The van der Waals surface area contributed by atoms with Crippen LogP contribution in [0.5, 0.6) is 11.5 Å². The van der Waals surface area contributed by atoms with E-state index in [4.69, 9.17) is 30.7 Å². The van der Waals surface area contributed by atoms with Gasteiger partial charge in [0.2, 0.25) is 11.9 Å². The van der Waals surface area contributed by atoms with Crippen LogP contribution in [0.3, 0.4) is 0 Å². The molecule has 0 saturated carbocycles. The number of nitrogens with two attached hydrogens (primary N) is 2. The van der Waals surface area contributed by atoms with Crippen LogP contribution in [0.15, 0.2) is 42.5 Å². The molecule has 2 heterocycles. The fourth-order valence-corrected chi connectivity index (χ4v) is 4.38. The predicted octanol–water partition coefficient (Wildman–Crippen LogP) is 3.45. The summed E-state index contributed by atoms with van der Waals surface area (Å²) in [7, 11) is 3.20. The lowest BCUT2D eigenvalue weighted by Crippen LogP contribution is -2.13. The molecule has 0 amide bonds. The maximum atomic E-state index is 13.3. The molecule has 36 heavy (non-hydrogen) atoms. The van der Waals surface area contributed by atoms with Crippen LogP contribution in [0.4, 0.5) is 11.9 Å². The normalized spacial score (nSPS) is 13.6. The van der Waals surface area contributed by atoms with E-state index in [9.17, 15) is 4.79 Å². The molecule has 0 fully saturated rings. The zero-order valence-electron chi connectivity index (χ0n) is 19.8. The fourth-order valence-electron chi connectivity index (χ4n) is 4.38. The average Bonchev–Trinajstić information content (AvgIpc) is 3.27. The van der Waals surface area contributed by atoms with Gasteiger partial charge in [-0.05, 0) is 53.8 Å². The van der Waals surface area contributed by atoms with Crippen molar-refractivity contribution in [2.75, 3.05) is 25.7 Å². The minimum Gasteiger partial charge on any atom is -0.493 e. The standard InChI is InChI=1S/C26H24N6O4/c1-34-19-10-7-14(12-20(19)35-2)11-15-8-9-17-22(16-5-3-4-6-18(16)29-23(15)17)24(33)36-13-21-30-25(27)32-26(28)31-21/h3-7,10-12H,8-9,13H2,1-2H3,(H4,27,28,30,31,32)/b15-11+. The van der Waals surface area contributed by atoms with Crippen LogP contribution in [0, 0.1) is 0 Å². The third kappa shape index (κ3) is 4.36. The molecule has 0 spiro atoms. The zero-order valence-corrected chi connectivity index (χ0v) is 19.8. The number of methoxy groups -OCH3 is 2. The number of pyridine rings is 1. The lowest BCUT2D eigenvalue weighted by molar-refractivity contribution is 0.0463. The number of carbonyl (C=O) groups is 1. The Labute approximate surface area is 207 Å². The van der Waals surface area contributed by atoms with Crippen molar-refractivity contribution in [1.29, 1.82) is 0 Å². The summed E-state index contributed by atoms with van der Waals surface area (Å²) in [6.07, 6.45) is 3.44. The number of carbonyl (C=O) groups excluding carboxylic acids is 1. The minimum absolute atomic E-state index is 0.0336. The molecule has 1 aliphatic rings. The van der Waals surface area contributed by atoms with Gasteiger partial charge >= 0.3 is 5.97 Å². The van der Waals surface area contributed by atoms with Crippen LogP contribution < -0.4 is 20.9 Å². The Bertz CT molecular complexity index is 1500.